The van der Waals surface area contributed by atoms with Crippen LogP contribution >= 0.6 is 11.8 Å². The molecule has 2 heterocycles. The van der Waals surface area contributed by atoms with E-state index in [0.29, 0.717) is 5.56 Å². The zero-order valence-corrected chi connectivity index (χ0v) is 9.04. The molecule has 1 aromatic heterocycles. The van der Waals surface area contributed by atoms with E-state index in [-0.39, 0.29) is 11.7 Å². The van der Waals surface area contributed by atoms with Crippen molar-refractivity contribution in [2.75, 3.05) is 24.6 Å². The van der Waals surface area contributed by atoms with Gasteiger partial charge in [0, 0.05) is 30.8 Å². The molecule has 1 amide bonds. The molecule has 5 heteroatoms. The molecule has 0 radical (unpaired) electrons. The number of rotatable bonds is 1. The van der Waals surface area contributed by atoms with Gasteiger partial charge in [-0.15, -0.1) is 0 Å². The maximum Gasteiger partial charge on any atom is 0.255 e. The topological polar surface area (TPSA) is 53.4 Å². The molecule has 0 atom stereocenters. The van der Waals surface area contributed by atoms with Gasteiger partial charge in [-0.25, -0.2) is 0 Å². The summed E-state index contributed by atoms with van der Waals surface area (Å²) in [7, 11) is 0. The summed E-state index contributed by atoms with van der Waals surface area (Å²) in [6.07, 6.45) is 2.81. The normalized spacial score (nSPS) is 16.4. The Morgan fingerprint density at radius 3 is 2.80 bits per heavy atom. The van der Waals surface area contributed by atoms with Gasteiger partial charge in [-0.2, -0.15) is 11.8 Å². The van der Waals surface area contributed by atoms with Crippen LogP contribution in [0.2, 0.25) is 0 Å². The highest BCUT2D eigenvalue weighted by Gasteiger charge is 2.18. The number of carbonyl (C=O) groups is 1. The van der Waals surface area contributed by atoms with Crippen LogP contribution in [0.5, 0.6) is 5.75 Å². The summed E-state index contributed by atoms with van der Waals surface area (Å²) >= 11 is 1.86. The minimum Gasteiger partial charge on any atom is -0.506 e. The van der Waals surface area contributed by atoms with Crippen molar-refractivity contribution in [3.63, 3.8) is 0 Å². The average Bonchev–Trinajstić information content (AvgIpc) is 2.29. The second-order valence-electron chi connectivity index (χ2n) is 3.34. The first-order valence-corrected chi connectivity index (χ1v) is 5.94. The highest BCUT2D eigenvalue weighted by atomic mass is 32.2. The summed E-state index contributed by atoms with van der Waals surface area (Å²) in [5.41, 5.74) is 0.460. The molecular formula is C10H12N2O2S. The van der Waals surface area contributed by atoms with Gasteiger partial charge in [-0.3, -0.25) is 9.78 Å². The number of aromatic hydroxyl groups is 1. The number of nitrogens with zero attached hydrogens (tertiary/aromatic N) is 2. The summed E-state index contributed by atoms with van der Waals surface area (Å²) in [6.45, 7) is 1.55. The predicted octanol–water partition coefficient (Wildman–Crippen LogP) is 0.976. The Kier molecular flexibility index (Phi) is 3.11. The fraction of sp³-hybridized carbons (Fsp3) is 0.400. The first-order chi connectivity index (χ1) is 7.27. The number of thioether (sulfide) groups is 1. The SMILES string of the molecule is O=C(c1cncc(O)c1)N1CCSCC1. The smallest absolute Gasteiger partial charge is 0.255 e. The molecule has 1 aliphatic rings. The lowest BCUT2D eigenvalue weighted by molar-refractivity contribution is 0.0771. The quantitative estimate of drug-likeness (QED) is 0.772. The van der Waals surface area contributed by atoms with E-state index in [4.69, 9.17) is 0 Å². The van der Waals surface area contributed by atoms with Gasteiger partial charge in [-0.05, 0) is 6.07 Å². The molecule has 0 aliphatic carbocycles. The second kappa shape index (κ2) is 4.53. The molecule has 4 nitrogen and oxygen atoms in total. The number of amides is 1. The summed E-state index contributed by atoms with van der Waals surface area (Å²) in [4.78, 5) is 17.5. The van der Waals surface area contributed by atoms with Gasteiger partial charge < -0.3 is 10.0 Å². The molecule has 80 valence electrons. The van der Waals surface area contributed by atoms with Crippen molar-refractivity contribution in [3.8, 4) is 5.75 Å². The van der Waals surface area contributed by atoms with Crippen LogP contribution in [0, 0.1) is 0 Å². The lowest BCUT2D eigenvalue weighted by atomic mass is 10.2. The summed E-state index contributed by atoms with van der Waals surface area (Å²) in [5.74, 6) is 1.96. The van der Waals surface area contributed by atoms with E-state index in [1.54, 1.807) is 4.90 Å². The zero-order valence-electron chi connectivity index (χ0n) is 8.22. The second-order valence-corrected chi connectivity index (χ2v) is 4.56. The molecule has 0 unspecified atom stereocenters. The highest BCUT2D eigenvalue weighted by molar-refractivity contribution is 7.99. The molecule has 0 aromatic carbocycles. The van der Waals surface area contributed by atoms with Crippen LogP contribution < -0.4 is 0 Å². The van der Waals surface area contributed by atoms with Gasteiger partial charge >= 0.3 is 0 Å². The van der Waals surface area contributed by atoms with E-state index in [9.17, 15) is 9.90 Å². The first-order valence-electron chi connectivity index (χ1n) is 4.78. The minimum absolute atomic E-state index is 0.0345. The zero-order chi connectivity index (χ0) is 10.7. The van der Waals surface area contributed by atoms with Crippen LogP contribution in [0.25, 0.3) is 0 Å². The van der Waals surface area contributed by atoms with E-state index in [1.807, 2.05) is 11.8 Å². The molecule has 0 bridgehead atoms. The van der Waals surface area contributed by atoms with Crippen molar-refractivity contribution < 1.29 is 9.90 Å². The molecular weight excluding hydrogens is 212 g/mol. The third-order valence-electron chi connectivity index (χ3n) is 2.27. The maximum atomic E-state index is 11.9. The Balaban J connectivity index is 2.12. The molecule has 1 aliphatic heterocycles. The number of aromatic nitrogens is 1. The predicted molar refractivity (Wildman–Crippen MR) is 59.1 cm³/mol. The van der Waals surface area contributed by atoms with Crippen molar-refractivity contribution >= 4 is 17.7 Å². The number of pyridine rings is 1. The first kappa shape index (κ1) is 10.3. The van der Waals surface area contributed by atoms with Crippen molar-refractivity contribution in [1.82, 2.24) is 9.88 Å². The molecule has 0 saturated carbocycles. The van der Waals surface area contributed by atoms with Crippen LogP contribution in [0.4, 0.5) is 0 Å². The lowest BCUT2D eigenvalue weighted by Gasteiger charge is -2.26. The van der Waals surface area contributed by atoms with Gasteiger partial charge in [0.15, 0.2) is 0 Å². The number of carbonyl (C=O) groups excluding carboxylic acids is 1. The Hall–Kier alpha value is -1.23. The number of hydrogen-bond donors (Lipinski definition) is 1. The fourth-order valence-electron chi connectivity index (χ4n) is 1.49. The van der Waals surface area contributed by atoms with Gasteiger partial charge in [0.25, 0.3) is 5.91 Å². The number of hydrogen-bond acceptors (Lipinski definition) is 4. The van der Waals surface area contributed by atoms with E-state index in [2.05, 4.69) is 4.98 Å². The van der Waals surface area contributed by atoms with Gasteiger partial charge in [0.2, 0.25) is 0 Å². The molecule has 1 saturated heterocycles. The van der Waals surface area contributed by atoms with Crippen molar-refractivity contribution in [2.45, 2.75) is 0 Å². The van der Waals surface area contributed by atoms with Crippen molar-refractivity contribution in [1.29, 1.82) is 0 Å². The molecule has 15 heavy (non-hydrogen) atoms. The summed E-state index contributed by atoms with van der Waals surface area (Å²) < 4.78 is 0. The van der Waals surface area contributed by atoms with Crippen LogP contribution in [0.15, 0.2) is 18.5 Å². The van der Waals surface area contributed by atoms with E-state index in [1.165, 1.54) is 18.5 Å². The molecule has 1 fully saturated rings. The highest BCUT2D eigenvalue weighted by Crippen LogP contribution is 2.15. The van der Waals surface area contributed by atoms with E-state index < -0.39 is 0 Å². The van der Waals surface area contributed by atoms with Crippen molar-refractivity contribution in [2.24, 2.45) is 0 Å². The summed E-state index contributed by atoms with van der Waals surface area (Å²) in [5, 5.41) is 9.22. The third kappa shape index (κ3) is 2.41. The lowest BCUT2D eigenvalue weighted by Crippen LogP contribution is -2.37. The van der Waals surface area contributed by atoms with E-state index in [0.717, 1.165) is 24.6 Å². The van der Waals surface area contributed by atoms with Gasteiger partial charge in [-0.1, -0.05) is 0 Å². The summed E-state index contributed by atoms with van der Waals surface area (Å²) in [6, 6.07) is 1.46. The standard InChI is InChI=1S/C10H12N2O2S/c13-9-5-8(6-11-7-9)10(14)12-1-3-15-4-2-12/h5-7,13H,1-4H2. The van der Waals surface area contributed by atoms with Crippen LogP contribution in [-0.2, 0) is 0 Å². The Labute approximate surface area is 92.3 Å². The minimum atomic E-state index is -0.0429. The van der Waals surface area contributed by atoms with Crippen molar-refractivity contribution in [3.05, 3.63) is 24.0 Å². The Morgan fingerprint density at radius 2 is 2.13 bits per heavy atom. The average molecular weight is 224 g/mol. The third-order valence-corrected chi connectivity index (χ3v) is 3.21. The van der Waals surface area contributed by atoms with Crippen LogP contribution in [0.3, 0.4) is 0 Å². The molecule has 1 aromatic rings. The largest absolute Gasteiger partial charge is 0.506 e. The van der Waals surface area contributed by atoms with Gasteiger partial charge in [0.1, 0.15) is 5.75 Å². The molecule has 0 spiro atoms. The van der Waals surface area contributed by atoms with Crippen LogP contribution in [-0.4, -0.2) is 45.5 Å². The monoisotopic (exact) mass is 224 g/mol. The molecule has 1 N–H and O–H groups in total. The Morgan fingerprint density at radius 1 is 1.40 bits per heavy atom. The fourth-order valence-corrected chi connectivity index (χ4v) is 2.40. The molecule has 2 rings (SSSR count). The van der Waals surface area contributed by atoms with E-state index >= 15 is 0 Å². The van der Waals surface area contributed by atoms with Gasteiger partial charge in [0.05, 0.1) is 11.8 Å². The maximum absolute atomic E-state index is 11.9. The van der Waals surface area contributed by atoms with Crippen LogP contribution in [0.1, 0.15) is 10.4 Å². The Bertz CT molecular complexity index is 364.